The molecule has 0 bridgehead atoms. The molecule has 3 rings (SSSR count). The number of carbonyl (C=O) groups excluding carboxylic acids is 2. The monoisotopic (exact) mass is 361 g/mol. The first-order valence-corrected chi connectivity index (χ1v) is 8.14. The molecule has 0 saturated heterocycles. The number of benzene rings is 2. The van der Waals surface area contributed by atoms with E-state index in [4.69, 9.17) is 16.3 Å². The lowest BCUT2D eigenvalue weighted by molar-refractivity contribution is -0.119. The van der Waals surface area contributed by atoms with Crippen LogP contribution in [0.2, 0.25) is 0 Å². The van der Waals surface area contributed by atoms with Gasteiger partial charge in [0.2, 0.25) is 0 Å². The molecule has 25 heavy (non-hydrogen) atoms. The van der Waals surface area contributed by atoms with Crippen LogP contribution in [-0.4, -0.2) is 17.6 Å². The number of anilines is 1. The predicted molar refractivity (Wildman–Crippen MR) is 93.2 cm³/mol. The molecule has 0 aliphatic carbocycles. The Hall–Kier alpha value is -2.40. The highest BCUT2D eigenvalue weighted by atomic mass is 35.5. The Bertz CT molecular complexity index is 844. The van der Waals surface area contributed by atoms with Crippen LogP contribution in [0, 0.1) is 5.82 Å². The van der Waals surface area contributed by atoms with E-state index in [2.05, 4.69) is 0 Å². The Balaban J connectivity index is 2.12. The number of rotatable bonds is 1. The maximum absolute atomic E-state index is 13.3. The third-order valence-corrected chi connectivity index (χ3v) is 4.42. The third-order valence-electron chi connectivity index (χ3n) is 3.83. The van der Waals surface area contributed by atoms with Crippen LogP contribution in [0.4, 0.5) is 14.9 Å². The van der Waals surface area contributed by atoms with Crippen molar-refractivity contribution in [2.24, 2.45) is 0 Å². The van der Waals surface area contributed by atoms with Crippen molar-refractivity contribution in [1.82, 2.24) is 0 Å². The van der Waals surface area contributed by atoms with Gasteiger partial charge in [0.15, 0.2) is 4.87 Å². The molecule has 0 unspecified atom stereocenters. The average molecular weight is 362 g/mol. The minimum Gasteiger partial charge on any atom is -0.443 e. The maximum atomic E-state index is 13.3. The number of amides is 2. The largest absolute Gasteiger partial charge is 0.443 e. The van der Waals surface area contributed by atoms with Crippen LogP contribution >= 0.6 is 11.6 Å². The van der Waals surface area contributed by atoms with Gasteiger partial charge in [-0.25, -0.2) is 14.1 Å². The first-order chi connectivity index (χ1) is 11.6. The number of alkyl halides is 1. The van der Waals surface area contributed by atoms with Crippen molar-refractivity contribution in [3.63, 3.8) is 0 Å². The van der Waals surface area contributed by atoms with Gasteiger partial charge in [0.1, 0.15) is 11.4 Å². The standard InChI is InChI=1S/C19H17ClFNO3/c1-18(2,3)25-17(24)22-15-7-5-4-6-14(15)19(20,16(22)23)12-8-10-13(21)11-9-12/h4-11H,1-3H3/t19-/m1/s1. The number of hydrogen-bond donors (Lipinski definition) is 0. The summed E-state index contributed by atoms with van der Waals surface area (Å²) in [5, 5.41) is 0. The van der Waals surface area contributed by atoms with Gasteiger partial charge in [-0.15, -0.1) is 0 Å². The number of imide groups is 1. The average Bonchev–Trinajstić information content (AvgIpc) is 2.76. The zero-order valence-corrected chi connectivity index (χ0v) is 14.8. The van der Waals surface area contributed by atoms with E-state index >= 15 is 0 Å². The van der Waals surface area contributed by atoms with Crippen molar-refractivity contribution in [2.45, 2.75) is 31.2 Å². The molecule has 6 heteroatoms. The Kier molecular flexibility index (Phi) is 4.07. The second-order valence-electron chi connectivity index (χ2n) is 6.80. The normalized spacial score (nSPS) is 19.7. The molecule has 4 nitrogen and oxygen atoms in total. The summed E-state index contributed by atoms with van der Waals surface area (Å²) in [5.74, 6) is -1.08. The highest BCUT2D eigenvalue weighted by Crippen LogP contribution is 2.49. The van der Waals surface area contributed by atoms with Crippen LogP contribution in [-0.2, 0) is 14.4 Å². The zero-order chi connectivity index (χ0) is 18.4. The van der Waals surface area contributed by atoms with Gasteiger partial charge in [-0.2, -0.15) is 0 Å². The second kappa shape index (κ2) is 5.85. The molecule has 1 aliphatic heterocycles. The van der Waals surface area contributed by atoms with Crippen molar-refractivity contribution in [3.05, 3.63) is 65.5 Å². The van der Waals surface area contributed by atoms with Gasteiger partial charge in [0.25, 0.3) is 5.91 Å². The zero-order valence-electron chi connectivity index (χ0n) is 14.0. The topological polar surface area (TPSA) is 46.6 Å². The fourth-order valence-corrected chi connectivity index (χ4v) is 3.16. The first-order valence-electron chi connectivity index (χ1n) is 7.76. The molecule has 2 aromatic carbocycles. The summed E-state index contributed by atoms with van der Waals surface area (Å²) in [6, 6.07) is 12.1. The minimum absolute atomic E-state index is 0.362. The van der Waals surface area contributed by atoms with Crippen LogP contribution in [0.25, 0.3) is 0 Å². The van der Waals surface area contributed by atoms with E-state index in [-0.39, 0.29) is 0 Å². The van der Waals surface area contributed by atoms with Crippen LogP contribution < -0.4 is 4.90 Å². The summed E-state index contributed by atoms with van der Waals surface area (Å²) in [5.41, 5.74) is 0.444. The second-order valence-corrected chi connectivity index (χ2v) is 7.37. The molecule has 0 fully saturated rings. The Morgan fingerprint density at radius 3 is 2.32 bits per heavy atom. The molecular weight excluding hydrogens is 345 g/mol. The van der Waals surface area contributed by atoms with Gasteiger partial charge in [-0.1, -0.05) is 41.9 Å². The fraction of sp³-hybridized carbons (Fsp3) is 0.263. The van der Waals surface area contributed by atoms with Crippen LogP contribution in [0.15, 0.2) is 48.5 Å². The minimum atomic E-state index is -1.61. The number of halogens is 2. The molecule has 0 aromatic heterocycles. The van der Waals surface area contributed by atoms with E-state index in [1.165, 1.54) is 24.3 Å². The van der Waals surface area contributed by atoms with Crippen molar-refractivity contribution >= 4 is 29.3 Å². The molecule has 0 radical (unpaired) electrons. The first kappa shape index (κ1) is 17.4. The summed E-state index contributed by atoms with van der Waals surface area (Å²) in [4.78, 5) is 25.0. The maximum Gasteiger partial charge on any atom is 0.421 e. The SMILES string of the molecule is CC(C)(C)OC(=O)N1C(=O)[C@@](Cl)(c2ccc(F)cc2)c2ccccc21. The van der Waals surface area contributed by atoms with Crippen LogP contribution in [0.5, 0.6) is 0 Å². The smallest absolute Gasteiger partial charge is 0.421 e. The highest BCUT2D eigenvalue weighted by molar-refractivity contribution is 6.44. The molecule has 1 heterocycles. The molecule has 130 valence electrons. The van der Waals surface area contributed by atoms with Crippen molar-refractivity contribution in [3.8, 4) is 0 Å². The third kappa shape index (κ3) is 2.89. The van der Waals surface area contributed by atoms with E-state index in [1.807, 2.05) is 0 Å². The summed E-state index contributed by atoms with van der Waals surface area (Å²) in [7, 11) is 0. The quantitative estimate of drug-likeness (QED) is 0.698. The van der Waals surface area contributed by atoms with E-state index < -0.39 is 28.3 Å². The molecular formula is C19H17ClFNO3. The van der Waals surface area contributed by atoms with Crippen molar-refractivity contribution < 1.29 is 18.7 Å². The molecule has 1 aliphatic rings. The van der Waals surface area contributed by atoms with E-state index in [0.717, 1.165) is 4.90 Å². The van der Waals surface area contributed by atoms with Crippen LogP contribution in [0.3, 0.4) is 0 Å². The van der Waals surface area contributed by atoms with Gasteiger partial charge in [-0.3, -0.25) is 4.79 Å². The summed E-state index contributed by atoms with van der Waals surface area (Å²) >= 11 is 6.72. The Morgan fingerprint density at radius 2 is 1.72 bits per heavy atom. The lowest BCUT2D eigenvalue weighted by Crippen LogP contribution is -2.43. The molecule has 0 saturated carbocycles. The molecule has 2 aromatic rings. The Labute approximate surface area is 150 Å². The molecule has 0 N–H and O–H groups in total. The van der Waals surface area contributed by atoms with Crippen LogP contribution in [0.1, 0.15) is 31.9 Å². The lowest BCUT2D eigenvalue weighted by atomic mass is 9.91. The summed E-state index contributed by atoms with van der Waals surface area (Å²) < 4.78 is 18.6. The predicted octanol–water partition coefficient (Wildman–Crippen LogP) is 4.59. The number of hydrogen-bond acceptors (Lipinski definition) is 3. The van der Waals surface area contributed by atoms with E-state index in [1.54, 1.807) is 45.0 Å². The molecule has 1 atom stereocenters. The number of para-hydroxylation sites is 1. The van der Waals surface area contributed by atoms with Gasteiger partial charge in [0, 0.05) is 5.56 Å². The summed E-state index contributed by atoms with van der Waals surface area (Å²) in [6.45, 7) is 5.14. The van der Waals surface area contributed by atoms with E-state index in [0.29, 0.717) is 16.8 Å². The number of carbonyl (C=O) groups is 2. The Morgan fingerprint density at radius 1 is 1.12 bits per heavy atom. The molecule has 0 spiro atoms. The fourth-order valence-electron chi connectivity index (χ4n) is 2.79. The molecule has 2 amide bonds. The lowest BCUT2D eigenvalue weighted by Gasteiger charge is -2.25. The van der Waals surface area contributed by atoms with Crippen molar-refractivity contribution in [1.29, 1.82) is 0 Å². The van der Waals surface area contributed by atoms with Gasteiger partial charge >= 0.3 is 6.09 Å². The van der Waals surface area contributed by atoms with E-state index in [9.17, 15) is 14.0 Å². The number of nitrogens with zero attached hydrogens (tertiary/aromatic N) is 1. The van der Waals surface area contributed by atoms with Gasteiger partial charge in [0.05, 0.1) is 5.69 Å². The summed E-state index contributed by atoms with van der Waals surface area (Å²) in [6.07, 6.45) is -0.797. The highest BCUT2D eigenvalue weighted by Gasteiger charge is 2.54. The van der Waals surface area contributed by atoms with Gasteiger partial charge < -0.3 is 4.74 Å². The number of fused-ring (bicyclic) bond motifs is 1. The van der Waals surface area contributed by atoms with Gasteiger partial charge in [-0.05, 0) is 44.5 Å². The number of ether oxygens (including phenoxy) is 1. The van der Waals surface area contributed by atoms with Crippen molar-refractivity contribution in [2.75, 3.05) is 4.90 Å².